The lowest BCUT2D eigenvalue weighted by molar-refractivity contribution is -0.128. The smallest absolute Gasteiger partial charge is 0.224 e. The molecule has 3 rings (SSSR count). The van der Waals surface area contributed by atoms with Crippen LogP contribution in [0.5, 0.6) is 0 Å². The number of benzene rings is 1. The highest BCUT2D eigenvalue weighted by atomic mass is 79.9. The monoisotopic (exact) mass is 391 g/mol. The van der Waals surface area contributed by atoms with Crippen molar-refractivity contribution in [2.24, 2.45) is 5.92 Å². The molecule has 1 amide bonds. The van der Waals surface area contributed by atoms with E-state index in [-0.39, 0.29) is 17.6 Å². The Morgan fingerprint density at radius 2 is 2.09 bits per heavy atom. The lowest BCUT2D eigenvalue weighted by Crippen LogP contribution is -2.40. The number of hydrogen-bond acceptors (Lipinski definition) is 3. The first-order valence-electron chi connectivity index (χ1n) is 7.65. The van der Waals surface area contributed by atoms with Gasteiger partial charge in [0.2, 0.25) is 5.91 Å². The standard InChI is InChI=1S/C18H18BrNO2S/c1-11(16(21)7-12-5-3-2-4-6-12)20-18(22)15-9-14(15)13-8-17(19)23-10-13/h2-6,8,10-11,14-15H,7,9H2,1H3,(H,20,22)/t11?,14-,15+/m0/s1. The lowest BCUT2D eigenvalue weighted by Gasteiger charge is -2.13. The summed E-state index contributed by atoms with van der Waals surface area (Å²) in [6.07, 6.45) is 1.22. The zero-order valence-corrected chi connectivity index (χ0v) is 15.2. The van der Waals surface area contributed by atoms with Gasteiger partial charge in [0.1, 0.15) is 0 Å². The molecule has 1 aromatic heterocycles. The van der Waals surface area contributed by atoms with Gasteiger partial charge in [-0.25, -0.2) is 0 Å². The third-order valence-corrected chi connectivity index (χ3v) is 5.73. The van der Waals surface area contributed by atoms with Crippen molar-refractivity contribution in [3.63, 3.8) is 0 Å². The Morgan fingerprint density at radius 1 is 1.35 bits per heavy atom. The summed E-state index contributed by atoms with van der Waals surface area (Å²) in [6, 6.07) is 11.2. The van der Waals surface area contributed by atoms with E-state index >= 15 is 0 Å². The van der Waals surface area contributed by atoms with E-state index in [4.69, 9.17) is 0 Å². The average Bonchev–Trinajstić information content (AvgIpc) is 3.23. The Bertz CT molecular complexity index is 713. The van der Waals surface area contributed by atoms with Crippen LogP contribution in [0.25, 0.3) is 0 Å². The number of rotatable bonds is 6. The van der Waals surface area contributed by atoms with Crippen molar-refractivity contribution < 1.29 is 9.59 Å². The van der Waals surface area contributed by atoms with Crippen molar-refractivity contribution in [1.82, 2.24) is 5.32 Å². The Morgan fingerprint density at radius 3 is 2.74 bits per heavy atom. The summed E-state index contributed by atoms with van der Waals surface area (Å²) in [6.45, 7) is 1.77. The van der Waals surface area contributed by atoms with E-state index in [0.717, 1.165) is 15.8 Å². The number of thiophene rings is 1. The molecule has 0 aliphatic heterocycles. The Balaban J connectivity index is 1.51. The van der Waals surface area contributed by atoms with Crippen LogP contribution in [-0.2, 0) is 16.0 Å². The van der Waals surface area contributed by atoms with Gasteiger partial charge in [-0.2, -0.15) is 0 Å². The molecule has 1 N–H and O–H groups in total. The Hall–Kier alpha value is -1.46. The molecule has 0 bridgehead atoms. The minimum absolute atomic E-state index is 0.00322. The van der Waals surface area contributed by atoms with Crippen LogP contribution < -0.4 is 5.32 Å². The van der Waals surface area contributed by atoms with Crippen LogP contribution in [0.15, 0.2) is 45.6 Å². The number of amides is 1. The van der Waals surface area contributed by atoms with Crippen molar-refractivity contribution in [2.45, 2.75) is 31.7 Å². The van der Waals surface area contributed by atoms with E-state index in [1.54, 1.807) is 18.3 Å². The van der Waals surface area contributed by atoms with E-state index in [2.05, 4.69) is 32.7 Å². The van der Waals surface area contributed by atoms with Gasteiger partial charge in [-0.15, -0.1) is 11.3 Å². The van der Waals surface area contributed by atoms with Crippen molar-refractivity contribution in [3.8, 4) is 0 Å². The number of Topliss-reactive ketones (excluding diaryl/α,β-unsaturated/α-hetero) is 1. The van der Waals surface area contributed by atoms with Crippen LogP contribution in [0.4, 0.5) is 0 Å². The molecule has 0 spiro atoms. The molecule has 1 aliphatic carbocycles. The summed E-state index contributed by atoms with van der Waals surface area (Å²) in [5.74, 6) is 0.337. The molecular formula is C18H18BrNO2S. The first kappa shape index (κ1) is 16.4. The lowest BCUT2D eigenvalue weighted by atomic mass is 10.0. The number of hydrogen-bond donors (Lipinski definition) is 1. The minimum Gasteiger partial charge on any atom is -0.346 e. The van der Waals surface area contributed by atoms with Crippen molar-refractivity contribution in [1.29, 1.82) is 0 Å². The molecule has 120 valence electrons. The Kier molecular flexibility index (Phi) is 4.97. The predicted molar refractivity (Wildman–Crippen MR) is 95.6 cm³/mol. The zero-order valence-electron chi connectivity index (χ0n) is 12.8. The normalized spacial score (nSPS) is 20.8. The second-order valence-corrected chi connectivity index (χ2v) is 8.28. The molecule has 0 saturated heterocycles. The first-order chi connectivity index (χ1) is 11.0. The van der Waals surface area contributed by atoms with Crippen molar-refractivity contribution >= 4 is 39.0 Å². The predicted octanol–water partition coefficient (Wildman–Crippen LogP) is 3.93. The van der Waals surface area contributed by atoms with E-state index in [1.165, 1.54) is 5.56 Å². The van der Waals surface area contributed by atoms with E-state index in [1.807, 2.05) is 30.3 Å². The number of halogens is 1. The molecule has 23 heavy (non-hydrogen) atoms. The third-order valence-electron chi connectivity index (χ3n) is 4.21. The maximum atomic E-state index is 12.3. The van der Waals surface area contributed by atoms with E-state index < -0.39 is 6.04 Å². The number of carbonyl (C=O) groups excluding carboxylic acids is 2. The first-order valence-corrected chi connectivity index (χ1v) is 9.33. The molecular weight excluding hydrogens is 374 g/mol. The van der Waals surface area contributed by atoms with Crippen LogP contribution in [0.3, 0.4) is 0 Å². The van der Waals surface area contributed by atoms with Gasteiger partial charge >= 0.3 is 0 Å². The van der Waals surface area contributed by atoms with Crippen LogP contribution in [0, 0.1) is 5.92 Å². The highest BCUT2D eigenvalue weighted by Crippen LogP contribution is 2.49. The van der Waals surface area contributed by atoms with Gasteiger partial charge in [-0.3, -0.25) is 9.59 Å². The average molecular weight is 392 g/mol. The summed E-state index contributed by atoms with van der Waals surface area (Å²) in [5.41, 5.74) is 2.19. The van der Waals surface area contributed by atoms with Crippen molar-refractivity contribution in [2.75, 3.05) is 0 Å². The minimum atomic E-state index is -0.446. The van der Waals surface area contributed by atoms with Gasteiger partial charge in [0.05, 0.1) is 9.83 Å². The van der Waals surface area contributed by atoms with Crippen LogP contribution in [-0.4, -0.2) is 17.7 Å². The fourth-order valence-electron chi connectivity index (χ4n) is 2.72. The Labute approximate surface area is 148 Å². The fraction of sp³-hybridized carbons (Fsp3) is 0.333. The van der Waals surface area contributed by atoms with Gasteiger partial charge in [0.25, 0.3) is 0 Å². The van der Waals surface area contributed by atoms with Crippen molar-refractivity contribution in [3.05, 3.63) is 56.7 Å². The summed E-state index contributed by atoms with van der Waals surface area (Å²) in [5, 5.41) is 4.96. The molecule has 5 heteroatoms. The SMILES string of the molecule is CC(NC(=O)[C@@H]1C[C@H]1c1csc(Br)c1)C(=O)Cc1ccccc1. The molecule has 0 radical (unpaired) electrons. The van der Waals surface area contributed by atoms with Gasteiger partial charge in [-0.05, 0) is 57.8 Å². The number of nitrogens with one attached hydrogen (secondary N) is 1. The molecule has 1 saturated carbocycles. The summed E-state index contributed by atoms with van der Waals surface area (Å²) >= 11 is 5.09. The second-order valence-electron chi connectivity index (χ2n) is 5.99. The van der Waals surface area contributed by atoms with Gasteiger partial charge < -0.3 is 5.32 Å². The van der Waals surface area contributed by atoms with Gasteiger partial charge in [-0.1, -0.05) is 30.3 Å². The summed E-state index contributed by atoms with van der Waals surface area (Å²) < 4.78 is 1.09. The fourth-order valence-corrected chi connectivity index (χ4v) is 3.96. The van der Waals surface area contributed by atoms with Crippen LogP contribution in [0.1, 0.15) is 30.4 Å². The quantitative estimate of drug-likeness (QED) is 0.810. The van der Waals surface area contributed by atoms with E-state index in [9.17, 15) is 9.59 Å². The molecule has 1 unspecified atom stereocenters. The number of ketones is 1. The molecule has 1 heterocycles. The third kappa shape index (κ3) is 4.09. The van der Waals surface area contributed by atoms with Crippen LogP contribution in [0.2, 0.25) is 0 Å². The molecule has 2 aromatic rings. The summed E-state index contributed by atoms with van der Waals surface area (Å²) in [7, 11) is 0. The van der Waals surface area contributed by atoms with Crippen LogP contribution >= 0.6 is 27.3 Å². The summed E-state index contributed by atoms with van der Waals surface area (Å²) in [4.78, 5) is 24.5. The maximum Gasteiger partial charge on any atom is 0.224 e. The largest absolute Gasteiger partial charge is 0.346 e. The maximum absolute atomic E-state index is 12.3. The zero-order chi connectivity index (χ0) is 16.4. The molecule has 3 atom stereocenters. The second kappa shape index (κ2) is 6.97. The molecule has 1 aromatic carbocycles. The van der Waals surface area contributed by atoms with E-state index in [0.29, 0.717) is 12.3 Å². The molecule has 3 nitrogen and oxygen atoms in total. The topological polar surface area (TPSA) is 46.2 Å². The molecule has 1 aliphatic rings. The van der Waals surface area contributed by atoms with Gasteiger partial charge in [0.15, 0.2) is 5.78 Å². The highest BCUT2D eigenvalue weighted by molar-refractivity contribution is 9.11. The highest BCUT2D eigenvalue weighted by Gasteiger charge is 2.44. The number of carbonyl (C=O) groups is 2. The van der Waals surface area contributed by atoms with Gasteiger partial charge in [0, 0.05) is 12.3 Å². The molecule has 1 fully saturated rings.